The van der Waals surface area contributed by atoms with Crippen LogP contribution in [0.15, 0.2) is 0 Å². The first-order valence-electron chi connectivity index (χ1n) is 5.72. The average molecular weight is 184 g/mol. The SMILES string of the molecule is CCCCCCC(C)CC(=O)CC. The third-order valence-corrected chi connectivity index (χ3v) is 2.52. The van der Waals surface area contributed by atoms with E-state index >= 15 is 0 Å². The molecule has 0 bridgehead atoms. The Kier molecular flexibility index (Phi) is 8.07. The van der Waals surface area contributed by atoms with E-state index in [1.807, 2.05) is 6.92 Å². The first-order chi connectivity index (χ1) is 6.20. The number of unbranched alkanes of at least 4 members (excludes halogenated alkanes) is 3. The molecule has 0 aliphatic heterocycles. The monoisotopic (exact) mass is 184 g/mol. The Labute approximate surface area is 82.9 Å². The number of carbonyl (C=O) groups is 1. The van der Waals surface area contributed by atoms with Crippen molar-refractivity contribution in [3.63, 3.8) is 0 Å². The van der Waals surface area contributed by atoms with Crippen LogP contribution >= 0.6 is 0 Å². The van der Waals surface area contributed by atoms with Crippen LogP contribution in [0.25, 0.3) is 0 Å². The minimum absolute atomic E-state index is 0.419. The number of hydrogen-bond acceptors (Lipinski definition) is 1. The smallest absolute Gasteiger partial charge is 0.132 e. The Morgan fingerprint density at radius 1 is 1.15 bits per heavy atom. The number of carbonyl (C=O) groups excluding carboxylic acids is 1. The van der Waals surface area contributed by atoms with E-state index in [0.29, 0.717) is 18.1 Å². The zero-order valence-electron chi connectivity index (χ0n) is 9.44. The molecule has 0 aliphatic carbocycles. The molecule has 0 spiro atoms. The lowest BCUT2D eigenvalue weighted by Crippen LogP contribution is -2.03. The van der Waals surface area contributed by atoms with E-state index in [4.69, 9.17) is 0 Å². The van der Waals surface area contributed by atoms with Gasteiger partial charge in [0.2, 0.25) is 0 Å². The van der Waals surface area contributed by atoms with Crippen LogP contribution in [-0.4, -0.2) is 5.78 Å². The zero-order valence-corrected chi connectivity index (χ0v) is 9.44. The molecule has 1 nitrogen and oxygen atoms in total. The summed E-state index contributed by atoms with van der Waals surface area (Å²) in [5.41, 5.74) is 0. The van der Waals surface area contributed by atoms with E-state index in [9.17, 15) is 4.79 Å². The van der Waals surface area contributed by atoms with Crippen LogP contribution in [-0.2, 0) is 4.79 Å². The van der Waals surface area contributed by atoms with Gasteiger partial charge < -0.3 is 0 Å². The minimum atomic E-state index is 0.419. The van der Waals surface area contributed by atoms with Gasteiger partial charge in [-0.3, -0.25) is 4.79 Å². The second-order valence-corrected chi connectivity index (χ2v) is 4.05. The fourth-order valence-electron chi connectivity index (χ4n) is 1.55. The maximum Gasteiger partial charge on any atom is 0.132 e. The molecule has 0 aromatic rings. The van der Waals surface area contributed by atoms with Crippen LogP contribution in [0.5, 0.6) is 0 Å². The topological polar surface area (TPSA) is 17.1 Å². The summed E-state index contributed by atoms with van der Waals surface area (Å²) in [4.78, 5) is 11.1. The second kappa shape index (κ2) is 8.28. The quantitative estimate of drug-likeness (QED) is 0.522. The summed E-state index contributed by atoms with van der Waals surface area (Å²) in [5.74, 6) is 1.02. The van der Waals surface area contributed by atoms with E-state index < -0.39 is 0 Å². The highest BCUT2D eigenvalue weighted by Gasteiger charge is 2.06. The van der Waals surface area contributed by atoms with Crippen molar-refractivity contribution in [3.8, 4) is 0 Å². The summed E-state index contributed by atoms with van der Waals surface area (Å²) in [6.45, 7) is 6.37. The summed E-state index contributed by atoms with van der Waals surface area (Å²) in [5, 5.41) is 0. The summed E-state index contributed by atoms with van der Waals surface area (Å²) < 4.78 is 0. The Morgan fingerprint density at radius 2 is 1.85 bits per heavy atom. The Morgan fingerprint density at radius 3 is 2.38 bits per heavy atom. The Balaban J connectivity index is 3.29. The molecular formula is C12H24O. The summed E-state index contributed by atoms with van der Waals surface area (Å²) in [6.07, 6.45) is 8.00. The highest BCUT2D eigenvalue weighted by Crippen LogP contribution is 2.14. The Hall–Kier alpha value is -0.330. The van der Waals surface area contributed by atoms with Crippen molar-refractivity contribution in [2.75, 3.05) is 0 Å². The minimum Gasteiger partial charge on any atom is -0.300 e. The lowest BCUT2D eigenvalue weighted by Gasteiger charge is -2.08. The Bertz CT molecular complexity index is 129. The van der Waals surface area contributed by atoms with Gasteiger partial charge in [0, 0.05) is 12.8 Å². The van der Waals surface area contributed by atoms with Gasteiger partial charge in [-0.05, 0) is 5.92 Å². The third-order valence-electron chi connectivity index (χ3n) is 2.52. The van der Waals surface area contributed by atoms with Gasteiger partial charge >= 0.3 is 0 Å². The molecule has 0 rings (SSSR count). The van der Waals surface area contributed by atoms with E-state index in [2.05, 4.69) is 13.8 Å². The van der Waals surface area contributed by atoms with Crippen molar-refractivity contribution in [1.29, 1.82) is 0 Å². The van der Waals surface area contributed by atoms with Crippen LogP contribution < -0.4 is 0 Å². The van der Waals surface area contributed by atoms with E-state index in [1.54, 1.807) is 0 Å². The fourth-order valence-corrected chi connectivity index (χ4v) is 1.55. The van der Waals surface area contributed by atoms with Gasteiger partial charge in [-0.2, -0.15) is 0 Å². The largest absolute Gasteiger partial charge is 0.300 e. The molecule has 0 fully saturated rings. The number of hydrogen-bond donors (Lipinski definition) is 0. The first kappa shape index (κ1) is 12.7. The highest BCUT2D eigenvalue weighted by atomic mass is 16.1. The molecule has 0 saturated carbocycles. The van der Waals surface area contributed by atoms with Gasteiger partial charge in [-0.25, -0.2) is 0 Å². The van der Waals surface area contributed by atoms with Crippen molar-refractivity contribution < 1.29 is 4.79 Å². The van der Waals surface area contributed by atoms with Crippen LogP contribution in [0.3, 0.4) is 0 Å². The number of Topliss-reactive ketones (excluding diaryl/α,β-unsaturated/α-hetero) is 1. The van der Waals surface area contributed by atoms with Crippen molar-refractivity contribution in [2.45, 2.75) is 65.7 Å². The molecule has 0 radical (unpaired) electrons. The predicted octanol–water partition coefficient (Wildman–Crippen LogP) is 3.96. The van der Waals surface area contributed by atoms with Gasteiger partial charge in [0.1, 0.15) is 5.78 Å². The van der Waals surface area contributed by atoms with Crippen LogP contribution in [0.4, 0.5) is 0 Å². The fraction of sp³-hybridized carbons (Fsp3) is 0.917. The van der Waals surface area contributed by atoms with E-state index in [0.717, 1.165) is 6.42 Å². The average Bonchev–Trinajstić information content (AvgIpc) is 2.12. The van der Waals surface area contributed by atoms with E-state index in [-0.39, 0.29) is 0 Å². The maximum atomic E-state index is 11.1. The molecule has 78 valence electrons. The molecule has 0 aliphatic rings. The summed E-state index contributed by atoms with van der Waals surface area (Å²) in [6, 6.07) is 0. The van der Waals surface area contributed by atoms with Crippen molar-refractivity contribution in [1.82, 2.24) is 0 Å². The molecular weight excluding hydrogens is 160 g/mol. The molecule has 1 unspecified atom stereocenters. The molecule has 0 N–H and O–H groups in total. The summed E-state index contributed by atoms with van der Waals surface area (Å²) >= 11 is 0. The van der Waals surface area contributed by atoms with Crippen molar-refractivity contribution in [3.05, 3.63) is 0 Å². The van der Waals surface area contributed by atoms with Crippen LogP contribution in [0, 0.1) is 5.92 Å². The number of ketones is 1. The van der Waals surface area contributed by atoms with Gasteiger partial charge in [0.25, 0.3) is 0 Å². The highest BCUT2D eigenvalue weighted by molar-refractivity contribution is 5.78. The molecule has 13 heavy (non-hydrogen) atoms. The van der Waals surface area contributed by atoms with Gasteiger partial charge in [0.05, 0.1) is 0 Å². The molecule has 1 heteroatoms. The van der Waals surface area contributed by atoms with Gasteiger partial charge in [-0.15, -0.1) is 0 Å². The van der Waals surface area contributed by atoms with Gasteiger partial charge in [0.15, 0.2) is 0 Å². The molecule has 0 aromatic heterocycles. The van der Waals surface area contributed by atoms with E-state index in [1.165, 1.54) is 32.1 Å². The third kappa shape index (κ3) is 8.01. The molecule has 1 atom stereocenters. The first-order valence-corrected chi connectivity index (χ1v) is 5.72. The second-order valence-electron chi connectivity index (χ2n) is 4.05. The van der Waals surface area contributed by atoms with Crippen molar-refractivity contribution >= 4 is 5.78 Å². The van der Waals surface area contributed by atoms with Gasteiger partial charge in [-0.1, -0.05) is 52.9 Å². The summed E-state index contributed by atoms with van der Waals surface area (Å²) in [7, 11) is 0. The molecule has 0 saturated heterocycles. The lowest BCUT2D eigenvalue weighted by molar-refractivity contribution is -0.119. The molecule has 0 amide bonds. The zero-order chi connectivity index (χ0) is 10.1. The molecule has 0 aromatic carbocycles. The predicted molar refractivity (Wildman–Crippen MR) is 57.8 cm³/mol. The van der Waals surface area contributed by atoms with Crippen LogP contribution in [0.1, 0.15) is 65.7 Å². The van der Waals surface area contributed by atoms with Crippen molar-refractivity contribution in [2.24, 2.45) is 5.92 Å². The lowest BCUT2D eigenvalue weighted by atomic mass is 9.97. The standard InChI is InChI=1S/C12H24O/c1-4-6-7-8-9-11(3)10-12(13)5-2/h11H,4-10H2,1-3H3. The maximum absolute atomic E-state index is 11.1. The normalized spacial score (nSPS) is 12.8. The molecule has 0 heterocycles. The number of rotatable bonds is 8. The van der Waals surface area contributed by atoms with Crippen LogP contribution in [0.2, 0.25) is 0 Å².